The van der Waals surface area contributed by atoms with Gasteiger partial charge in [0, 0.05) is 17.4 Å². The monoisotopic (exact) mass is 482 g/mol. The number of aryl methyl sites for hydroxylation is 1. The van der Waals surface area contributed by atoms with E-state index in [2.05, 4.69) is 15.9 Å². The minimum Gasteiger partial charge on any atom is -0.486 e. The lowest BCUT2D eigenvalue weighted by molar-refractivity contribution is 0.0577. The van der Waals surface area contributed by atoms with Gasteiger partial charge in [0.15, 0.2) is 17.7 Å². The van der Waals surface area contributed by atoms with Gasteiger partial charge in [-0.1, -0.05) is 24.3 Å². The van der Waals surface area contributed by atoms with Gasteiger partial charge in [-0.3, -0.25) is 14.7 Å². The third kappa shape index (κ3) is 6.46. The number of benzene rings is 2. The van der Waals surface area contributed by atoms with Gasteiger partial charge in [-0.2, -0.15) is 5.26 Å². The normalized spacial score (nSPS) is 10.6. The molecule has 2 aromatic carbocycles. The van der Waals surface area contributed by atoms with E-state index in [-0.39, 0.29) is 18.7 Å². The number of carbonyl (C=O) groups excluding carboxylic acids is 2. The maximum atomic E-state index is 13.1. The van der Waals surface area contributed by atoms with Gasteiger partial charge in [0.05, 0.1) is 36.0 Å². The standard InChI is InChI=1S/C28H26N4O4/c1-19-26(35-18-21-6-10-23(30-5)11-7-21)25(17-33)22(15-31-19)16-32(27(34)36-28(2,3)4)24-12-8-20(14-29)9-13-24/h6-13,15,17H,16,18H2,1-4H3. The molecule has 0 aliphatic heterocycles. The van der Waals surface area contributed by atoms with E-state index in [4.69, 9.17) is 21.3 Å². The molecule has 1 heterocycles. The van der Waals surface area contributed by atoms with Crippen molar-refractivity contribution in [1.82, 2.24) is 4.98 Å². The van der Waals surface area contributed by atoms with Crippen molar-refractivity contribution in [2.24, 2.45) is 0 Å². The molecule has 182 valence electrons. The van der Waals surface area contributed by atoms with Gasteiger partial charge in [-0.05, 0) is 57.5 Å². The molecule has 3 rings (SSSR count). The van der Waals surface area contributed by atoms with E-state index in [9.17, 15) is 9.59 Å². The number of nitriles is 1. The molecule has 0 radical (unpaired) electrons. The molecule has 0 saturated heterocycles. The number of amides is 1. The Morgan fingerprint density at radius 3 is 2.39 bits per heavy atom. The molecule has 0 atom stereocenters. The molecule has 0 aliphatic carbocycles. The van der Waals surface area contributed by atoms with E-state index in [1.807, 2.05) is 0 Å². The number of hydrogen-bond acceptors (Lipinski definition) is 6. The van der Waals surface area contributed by atoms with Crippen molar-refractivity contribution in [2.45, 2.75) is 46.4 Å². The molecule has 0 spiro atoms. The van der Waals surface area contributed by atoms with Gasteiger partial charge in [0.1, 0.15) is 12.2 Å². The van der Waals surface area contributed by atoms with Crippen LogP contribution in [-0.4, -0.2) is 23.0 Å². The van der Waals surface area contributed by atoms with Crippen LogP contribution in [-0.2, 0) is 17.9 Å². The summed E-state index contributed by atoms with van der Waals surface area (Å²) in [6.07, 6.45) is 1.62. The summed E-state index contributed by atoms with van der Waals surface area (Å²) in [6.45, 7) is 14.3. The van der Waals surface area contributed by atoms with Crippen LogP contribution in [0.5, 0.6) is 5.75 Å². The third-order valence-corrected chi connectivity index (χ3v) is 5.15. The van der Waals surface area contributed by atoms with E-state index in [0.717, 1.165) is 5.56 Å². The zero-order valence-electron chi connectivity index (χ0n) is 20.6. The number of carbonyl (C=O) groups is 2. The van der Waals surface area contributed by atoms with Crippen LogP contribution in [0.1, 0.15) is 53.5 Å². The number of pyridine rings is 1. The smallest absolute Gasteiger partial charge is 0.415 e. The highest BCUT2D eigenvalue weighted by atomic mass is 16.6. The van der Waals surface area contributed by atoms with Gasteiger partial charge < -0.3 is 9.47 Å². The molecule has 0 aliphatic rings. The molecule has 8 nitrogen and oxygen atoms in total. The number of hydrogen-bond donors (Lipinski definition) is 0. The number of aromatic nitrogens is 1. The summed E-state index contributed by atoms with van der Waals surface area (Å²) in [5.41, 5.74) is 2.86. The number of ether oxygens (including phenoxy) is 2. The van der Waals surface area contributed by atoms with E-state index in [0.29, 0.717) is 40.2 Å². The van der Waals surface area contributed by atoms with Crippen molar-refractivity contribution in [3.63, 3.8) is 0 Å². The molecule has 0 bridgehead atoms. The summed E-state index contributed by atoms with van der Waals surface area (Å²) in [6, 6.07) is 15.5. The average Bonchev–Trinajstić information content (AvgIpc) is 2.86. The summed E-state index contributed by atoms with van der Waals surface area (Å²) in [5, 5.41) is 9.12. The second-order valence-electron chi connectivity index (χ2n) is 9.02. The lowest BCUT2D eigenvalue weighted by Gasteiger charge is -2.28. The van der Waals surface area contributed by atoms with E-state index >= 15 is 0 Å². The lowest BCUT2D eigenvalue weighted by atomic mass is 10.1. The fraction of sp³-hybridized carbons (Fsp3) is 0.250. The largest absolute Gasteiger partial charge is 0.486 e. The van der Waals surface area contributed by atoms with Crippen LogP contribution in [0.15, 0.2) is 54.7 Å². The quantitative estimate of drug-likeness (QED) is 0.296. The van der Waals surface area contributed by atoms with Crippen molar-refractivity contribution < 1.29 is 19.1 Å². The first-order valence-electron chi connectivity index (χ1n) is 11.2. The van der Waals surface area contributed by atoms with Crippen LogP contribution in [0.25, 0.3) is 4.85 Å². The van der Waals surface area contributed by atoms with Crippen molar-refractivity contribution in [3.05, 3.63) is 94.1 Å². The van der Waals surface area contributed by atoms with E-state index < -0.39 is 11.7 Å². The summed E-state index contributed by atoms with van der Waals surface area (Å²) >= 11 is 0. The molecule has 1 amide bonds. The Morgan fingerprint density at radius 2 is 1.83 bits per heavy atom. The molecule has 0 unspecified atom stereocenters. The summed E-state index contributed by atoms with van der Waals surface area (Å²) in [5.74, 6) is 0.320. The molecule has 0 saturated carbocycles. The summed E-state index contributed by atoms with van der Waals surface area (Å²) in [4.78, 5) is 34.4. The second-order valence-corrected chi connectivity index (χ2v) is 9.02. The first kappa shape index (κ1) is 25.9. The maximum absolute atomic E-state index is 13.1. The Kier molecular flexibility index (Phi) is 8.03. The predicted octanol–water partition coefficient (Wildman–Crippen LogP) is 6.15. The average molecular weight is 483 g/mol. The minimum absolute atomic E-state index is 0.00176. The van der Waals surface area contributed by atoms with Crippen LogP contribution >= 0.6 is 0 Å². The first-order valence-corrected chi connectivity index (χ1v) is 11.2. The fourth-order valence-electron chi connectivity index (χ4n) is 3.37. The van der Waals surface area contributed by atoms with Crippen molar-refractivity contribution in [1.29, 1.82) is 5.26 Å². The highest BCUT2D eigenvalue weighted by Gasteiger charge is 2.26. The van der Waals surface area contributed by atoms with E-state index in [1.54, 1.807) is 76.2 Å². The SMILES string of the molecule is [C-]#[N+]c1ccc(COc2c(C)ncc(CN(C(=O)OC(C)(C)C)c3ccc(C#N)cc3)c2C=O)cc1. The van der Waals surface area contributed by atoms with Crippen LogP contribution in [0.2, 0.25) is 0 Å². The Hall–Kier alpha value is -4.69. The van der Waals surface area contributed by atoms with Crippen LogP contribution in [0, 0.1) is 24.8 Å². The molecular formula is C28H26N4O4. The van der Waals surface area contributed by atoms with Crippen molar-refractivity contribution in [3.8, 4) is 11.8 Å². The summed E-state index contributed by atoms with van der Waals surface area (Å²) in [7, 11) is 0. The maximum Gasteiger partial charge on any atom is 0.415 e. The number of anilines is 1. The zero-order chi connectivity index (χ0) is 26.3. The molecule has 1 aromatic heterocycles. The topological polar surface area (TPSA) is 96.9 Å². The molecule has 0 N–H and O–H groups in total. The number of rotatable bonds is 7. The van der Waals surface area contributed by atoms with E-state index in [1.165, 1.54) is 11.1 Å². The highest BCUT2D eigenvalue weighted by molar-refractivity contribution is 5.89. The molecule has 3 aromatic rings. The third-order valence-electron chi connectivity index (χ3n) is 5.15. The second kappa shape index (κ2) is 11.2. The predicted molar refractivity (Wildman–Crippen MR) is 135 cm³/mol. The van der Waals surface area contributed by atoms with Crippen molar-refractivity contribution in [2.75, 3.05) is 4.90 Å². The Bertz CT molecular complexity index is 1330. The zero-order valence-corrected chi connectivity index (χ0v) is 20.6. The van der Waals surface area contributed by atoms with Crippen LogP contribution < -0.4 is 9.64 Å². The number of nitrogens with zero attached hydrogens (tertiary/aromatic N) is 4. The van der Waals surface area contributed by atoms with Gasteiger partial charge >= 0.3 is 6.09 Å². The molecule has 0 fully saturated rings. The number of aldehydes is 1. The highest BCUT2D eigenvalue weighted by Crippen LogP contribution is 2.28. The minimum atomic E-state index is -0.738. The Labute approximate surface area is 210 Å². The summed E-state index contributed by atoms with van der Waals surface area (Å²) < 4.78 is 11.6. The lowest BCUT2D eigenvalue weighted by Crippen LogP contribution is -2.36. The van der Waals surface area contributed by atoms with Crippen LogP contribution in [0.4, 0.5) is 16.2 Å². The Balaban J connectivity index is 1.94. The Morgan fingerprint density at radius 1 is 1.17 bits per heavy atom. The molecule has 8 heteroatoms. The fourth-order valence-corrected chi connectivity index (χ4v) is 3.37. The van der Waals surface area contributed by atoms with Gasteiger partial charge in [-0.15, -0.1) is 0 Å². The van der Waals surface area contributed by atoms with Crippen molar-refractivity contribution >= 4 is 23.8 Å². The van der Waals surface area contributed by atoms with Gasteiger partial charge in [0.25, 0.3) is 0 Å². The van der Waals surface area contributed by atoms with Gasteiger partial charge in [0.2, 0.25) is 0 Å². The molecule has 36 heavy (non-hydrogen) atoms. The molecular weight excluding hydrogens is 456 g/mol. The first-order chi connectivity index (χ1) is 17.1. The van der Waals surface area contributed by atoms with Crippen LogP contribution in [0.3, 0.4) is 0 Å². The van der Waals surface area contributed by atoms with Gasteiger partial charge in [-0.25, -0.2) is 9.64 Å².